The second kappa shape index (κ2) is 5.71. The van der Waals surface area contributed by atoms with E-state index in [1.165, 1.54) is 6.07 Å². The monoisotopic (exact) mass is 320 g/mol. The first kappa shape index (κ1) is 14.8. The topological polar surface area (TPSA) is 34.9 Å². The van der Waals surface area contributed by atoms with E-state index >= 15 is 0 Å². The average Bonchev–Trinajstić information content (AvgIpc) is 2.93. The lowest BCUT2D eigenvalue weighted by atomic mass is 9.81. The maximum atomic E-state index is 14.2. The largest absolute Gasteiger partial charge is 0.294 e. The van der Waals surface area contributed by atoms with E-state index in [2.05, 4.69) is 5.10 Å². The Balaban J connectivity index is 1.84. The van der Waals surface area contributed by atoms with Crippen LogP contribution in [-0.2, 0) is 6.42 Å². The summed E-state index contributed by atoms with van der Waals surface area (Å²) in [5.74, 6) is -0.143. The molecule has 0 bridgehead atoms. The molecular formula is C20H17FN2O. The number of nitrogens with zero attached hydrogens (tertiary/aromatic N) is 2. The summed E-state index contributed by atoms with van der Waals surface area (Å²) < 4.78 is 15.8. The minimum absolute atomic E-state index is 0.0881. The molecule has 2 aromatic carbocycles. The number of hydrogen-bond donors (Lipinski definition) is 0. The van der Waals surface area contributed by atoms with Crippen LogP contribution in [-0.4, -0.2) is 15.6 Å². The maximum absolute atomic E-state index is 14.2. The molecule has 0 unspecified atom stereocenters. The van der Waals surface area contributed by atoms with Gasteiger partial charge in [-0.1, -0.05) is 42.5 Å². The number of carbonyl (C=O) groups excluding carboxylic acids is 1. The Hall–Kier alpha value is -2.75. The summed E-state index contributed by atoms with van der Waals surface area (Å²) in [6.45, 7) is 1.82. The summed E-state index contributed by atoms with van der Waals surface area (Å²) in [6.07, 6.45) is 1.15. The first-order valence-electron chi connectivity index (χ1n) is 8.06. The molecule has 4 rings (SSSR count). The van der Waals surface area contributed by atoms with Gasteiger partial charge in [0, 0.05) is 6.42 Å². The highest BCUT2D eigenvalue weighted by Gasteiger charge is 2.32. The van der Waals surface area contributed by atoms with Crippen LogP contribution in [0.1, 0.15) is 39.6 Å². The summed E-state index contributed by atoms with van der Waals surface area (Å²) in [4.78, 5) is 12.7. The fraction of sp³-hybridized carbons (Fsp3) is 0.200. The number of rotatable bonds is 2. The first-order chi connectivity index (χ1) is 11.6. The van der Waals surface area contributed by atoms with Crippen LogP contribution in [0.3, 0.4) is 0 Å². The van der Waals surface area contributed by atoms with E-state index < -0.39 is 0 Å². The van der Waals surface area contributed by atoms with Crippen LogP contribution in [0.15, 0.2) is 54.6 Å². The van der Waals surface area contributed by atoms with Crippen LogP contribution in [0.25, 0.3) is 5.69 Å². The van der Waals surface area contributed by atoms with E-state index in [4.69, 9.17) is 0 Å². The van der Waals surface area contributed by atoms with Gasteiger partial charge in [0.05, 0.1) is 17.0 Å². The van der Waals surface area contributed by atoms with Gasteiger partial charge in [-0.15, -0.1) is 0 Å². The molecule has 0 spiro atoms. The highest BCUT2D eigenvalue weighted by molar-refractivity contribution is 6.00. The van der Waals surface area contributed by atoms with Gasteiger partial charge in [0.1, 0.15) is 11.5 Å². The molecule has 3 aromatic rings. The normalized spacial score (nSPS) is 16.9. The molecule has 1 atom stereocenters. The van der Waals surface area contributed by atoms with E-state index in [0.717, 1.165) is 11.3 Å². The Morgan fingerprint density at radius 3 is 2.50 bits per heavy atom. The van der Waals surface area contributed by atoms with Crippen LogP contribution < -0.4 is 0 Å². The number of benzene rings is 2. The molecule has 0 N–H and O–H groups in total. The number of hydrogen-bond acceptors (Lipinski definition) is 2. The van der Waals surface area contributed by atoms with Crippen LogP contribution in [0.5, 0.6) is 0 Å². The second-order valence-corrected chi connectivity index (χ2v) is 6.21. The summed E-state index contributed by atoms with van der Waals surface area (Å²) in [5.41, 5.74) is 3.66. The number of halogens is 1. The summed E-state index contributed by atoms with van der Waals surface area (Å²) in [6, 6.07) is 16.5. The molecule has 0 aliphatic heterocycles. The quantitative estimate of drug-likeness (QED) is 0.708. The molecule has 0 fully saturated rings. The van der Waals surface area contributed by atoms with Crippen molar-refractivity contribution in [3.8, 4) is 5.69 Å². The fourth-order valence-corrected chi connectivity index (χ4v) is 3.54. The smallest absolute Gasteiger partial charge is 0.167 e. The number of Topliss-reactive ketones (excluding diaryl/α,β-unsaturated/α-hetero) is 1. The van der Waals surface area contributed by atoms with Crippen molar-refractivity contribution in [1.82, 2.24) is 9.78 Å². The highest BCUT2D eigenvalue weighted by Crippen LogP contribution is 2.35. The second-order valence-electron chi connectivity index (χ2n) is 6.21. The number of fused-ring (bicyclic) bond motifs is 1. The lowest BCUT2D eigenvalue weighted by Crippen LogP contribution is -2.20. The molecule has 4 heteroatoms. The third-order valence-electron chi connectivity index (χ3n) is 4.66. The molecule has 1 aliphatic carbocycles. The average molecular weight is 320 g/mol. The van der Waals surface area contributed by atoms with Gasteiger partial charge < -0.3 is 0 Å². The molecule has 1 aromatic heterocycles. The molecule has 1 heterocycles. The van der Waals surface area contributed by atoms with E-state index in [9.17, 15) is 9.18 Å². The molecule has 0 radical (unpaired) electrons. The van der Waals surface area contributed by atoms with Crippen molar-refractivity contribution in [2.24, 2.45) is 0 Å². The Bertz CT molecular complexity index is 915. The van der Waals surface area contributed by atoms with Gasteiger partial charge in [0.25, 0.3) is 0 Å². The van der Waals surface area contributed by atoms with Gasteiger partial charge in [-0.2, -0.15) is 5.10 Å². The van der Waals surface area contributed by atoms with Gasteiger partial charge in [-0.3, -0.25) is 4.79 Å². The summed E-state index contributed by atoms with van der Waals surface area (Å²) >= 11 is 0. The first-order valence-corrected chi connectivity index (χ1v) is 8.06. The van der Waals surface area contributed by atoms with E-state index in [1.54, 1.807) is 22.9 Å². The third kappa shape index (κ3) is 2.35. The molecular weight excluding hydrogens is 303 g/mol. The molecule has 0 saturated carbocycles. The molecule has 120 valence electrons. The van der Waals surface area contributed by atoms with Crippen molar-refractivity contribution in [1.29, 1.82) is 0 Å². The zero-order chi connectivity index (χ0) is 16.7. The molecule has 0 amide bonds. The summed E-state index contributed by atoms with van der Waals surface area (Å²) in [7, 11) is 0. The standard InChI is InChI=1S/C20H17FN2O/c1-13-20-18(23(22-13)17-10-6-5-9-16(17)21)11-15(12-19(20)24)14-7-3-2-4-8-14/h2-10,15H,11-12H2,1H3/t15-/m1/s1. The van der Waals surface area contributed by atoms with Gasteiger partial charge in [0.15, 0.2) is 5.78 Å². The van der Waals surface area contributed by atoms with Gasteiger partial charge in [0.2, 0.25) is 0 Å². The zero-order valence-corrected chi connectivity index (χ0v) is 13.4. The number of aryl methyl sites for hydroxylation is 1. The Kier molecular flexibility index (Phi) is 3.53. The van der Waals surface area contributed by atoms with Crippen molar-refractivity contribution in [3.05, 3.63) is 82.9 Å². The number of ketones is 1. The highest BCUT2D eigenvalue weighted by atomic mass is 19.1. The van der Waals surface area contributed by atoms with Crippen LogP contribution >= 0.6 is 0 Å². The number of carbonyl (C=O) groups is 1. The fourth-order valence-electron chi connectivity index (χ4n) is 3.54. The number of para-hydroxylation sites is 1. The number of aromatic nitrogens is 2. The Morgan fingerprint density at radius 2 is 1.75 bits per heavy atom. The maximum Gasteiger partial charge on any atom is 0.167 e. The SMILES string of the molecule is Cc1nn(-c2ccccc2F)c2c1C(=O)C[C@H](c1ccccc1)C2. The minimum Gasteiger partial charge on any atom is -0.294 e. The van der Waals surface area contributed by atoms with E-state index in [1.807, 2.05) is 37.3 Å². The molecule has 0 saturated heterocycles. The van der Waals surface area contributed by atoms with Crippen molar-refractivity contribution in [2.75, 3.05) is 0 Å². The predicted octanol–water partition coefficient (Wildman–Crippen LogP) is 4.23. The Labute approximate surface area is 139 Å². The Morgan fingerprint density at radius 1 is 1.04 bits per heavy atom. The van der Waals surface area contributed by atoms with Gasteiger partial charge in [-0.05, 0) is 37.0 Å². The molecule has 1 aliphatic rings. The van der Waals surface area contributed by atoms with Crippen LogP contribution in [0, 0.1) is 12.7 Å². The van der Waals surface area contributed by atoms with Gasteiger partial charge >= 0.3 is 0 Å². The van der Waals surface area contributed by atoms with Crippen molar-refractivity contribution >= 4 is 5.78 Å². The third-order valence-corrected chi connectivity index (χ3v) is 4.66. The molecule has 24 heavy (non-hydrogen) atoms. The zero-order valence-electron chi connectivity index (χ0n) is 13.4. The van der Waals surface area contributed by atoms with Crippen molar-refractivity contribution < 1.29 is 9.18 Å². The minimum atomic E-state index is -0.336. The van der Waals surface area contributed by atoms with Crippen LogP contribution in [0.2, 0.25) is 0 Å². The van der Waals surface area contributed by atoms with Gasteiger partial charge in [-0.25, -0.2) is 9.07 Å². The molecule has 3 nitrogen and oxygen atoms in total. The van der Waals surface area contributed by atoms with Crippen molar-refractivity contribution in [2.45, 2.75) is 25.7 Å². The lowest BCUT2D eigenvalue weighted by Gasteiger charge is -2.23. The van der Waals surface area contributed by atoms with Crippen molar-refractivity contribution in [3.63, 3.8) is 0 Å². The van der Waals surface area contributed by atoms with E-state index in [0.29, 0.717) is 29.8 Å². The lowest BCUT2D eigenvalue weighted by molar-refractivity contribution is 0.0963. The van der Waals surface area contributed by atoms with E-state index in [-0.39, 0.29) is 17.5 Å². The van der Waals surface area contributed by atoms with Crippen LogP contribution in [0.4, 0.5) is 4.39 Å². The predicted molar refractivity (Wildman–Crippen MR) is 90.1 cm³/mol. The summed E-state index contributed by atoms with van der Waals surface area (Å²) in [5, 5.41) is 4.46.